The molecule has 0 amide bonds. The number of nitrogens with two attached hydrogens (primary N) is 1. The van der Waals surface area contributed by atoms with Crippen molar-refractivity contribution in [3.63, 3.8) is 0 Å². The van der Waals surface area contributed by atoms with Crippen LogP contribution in [0, 0.1) is 0 Å². The van der Waals surface area contributed by atoms with E-state index in [-0.39, 0.29) is 18.6 Å². The van der Waals surface area contributed by atoms with Gasteiger partial charge in [-0.25, -0.2) is 9.59 Å². The van der Waals surface area contributed by atoms with E-state index in [1.807, 2.05) is 0 Å². The Bertz CT molecular complexity index is 558. The van der Waals surface area contributed by atoms with Crippen LogP contribution >= 0.6 is 11.3 Å². The molecule has 1 aliphatic rings. The van der Waals surface area contributed by atoms with Crippen LogP contribution in [0.5, 0.6) is 0 Å². The molecule has 0 radical (unpaired) electrons. The summed E-state index contributed by atoms with van der Waals surface area (Å²) in [5, 5.41) is 9.36. The van der Waals surface area contributed by atoms with Gasteiger partial charge in [-0.05, 0) is 26.3 Å². The molecule has 7 heteroatoms. The number of rotatable bonds is 2. The topological polar surface area (TPSA) is 98.9 Å². The van der Waals surface area contributed by atoms with Gasteiger partial charge in [-0.2, -0.15) is 0 Å². The largest absolute Gasteiger partial charge is 0.479 e. The molecule has 1 aromatic heterocycles. The van der Waals surface area contributed by atoms with Gasteiger partial charge < -0.3 is 20.3 Å². The summed E-state index contributed by atoms with van der Waals surface area (Å²) in [6, 6.07) is 0. The van der Waals surface area contributed by atoms with Crippen LogP contribution in [0.25, 0.3) is 0 Å². The highest BCUT2D eigenvalue weighted by molar-refractivity contribution is 7.16. The zero-order chi connectivity index (χ0) is 15.1. The molecular weight excluding hydrogens is 282 g/mol. The van der Waals surface area contributed by atoms with Crippen LogP contribution in [0.15, 0.2) is 0 Å². The second-order valence-electron chi connectivity index (χ2n) is 5.59. The van der Waals surface area contributed by atoms with E-state index in [1.54, 1.807) is 20.8 Å². The van der Waals surface area contributed by atoms with Crippen molar-refractivity contribution in [1.82, 2.24) is 0 Å². The number of esters is 1. The molecule has 6 nitrogen and oxygen atoms in total. The van der Waals surface area contributed by atoms with E-state index in [0.717, 1.165) is 4.88 Å². The van der Waals surface area contributed by atoms with E-state index < -0.39 is 23.6 Å². The number of thiophene rings is 1. The summed E-state index contributed by atoms with van der Waals surface area (Å²) in [6.45, 7) is 5.46. The van der Waals surface area contributed by atoms with Crippen LogP contribution < -0.4 is 5.73 Å². The van der Waals surface area contributed by atoms with Gasteiger partial charge in [0.25, 0.3) is 0 Å². The highest BCUT2D eigenvalue weighted by Gasteiger charge is 2.33. The molecule has 0 aliphatic carbocycles. The van der Waals surface area contributed by atoms with Gasteiger partial charge in [0, 0.05) is 11.3 Å². The van der Waals surface area contributed by atoms with Gasteiger partial charge in [-0.1, -0.05) is 0 Å². The van der Waals surface area contributed by atoms with Crippen molar-refractivity contribution in [3.05, 3.63) is 16.0 Å². The lowest BCUT2D eigenvalue weighted by atomic mass is 10.0. The molecule has 2 heterocycles. The summed E-state index contributed by atoms with van der Waals surface area (Å²) >= 11 is 1.24. The van der Waals surface area contributed by atoms with Gasteiger partial charge in [0.05, 0.1) is 12.2 Å². The van der Waals surface area contributed by atoms with Gasteiger partial charge in [-0.3, -0.25) is 0 Å². The summed E-state index contributed by atoms with van der Waals surface area (Å²) < 4.78 is 10.5. The minimum atomic E-state index is -1.05. The molecule has 2 rings (SSSR count). The van der Waals surface area contributed by atoms with E-state index in [4.69, 9.17) is 20.3 Å². The standard InChI is InChI=1S/C13H17NO5S/c1-13(2,3)19-12(17)9-6-4-7(11(15)16)18-5-8(6)20-10(9)14/h7H,4-5,14H2,1-3H3,(H,15,16). The highest BCUT2D eigenvalue weighted by Crippen LogP contribution is 2.37. The van der Waals surface area contributed by atoms with Crippen LogP contribution in [0.4, 0.5) is 5.00 Å². The molecule has 20 heavy (non-hydrogen) atoms. The van der Waals surface area contributed by atoms with Crippen molar-refractivity contribution in [2.75, 3.05) is 5.73 Å². The zero-order valence-corrected chi connectivity index (χ0v) is 12.4. The van der Waals surface area contributed by atoms with Gasteiger partial charge >= 0.3 is 11.9 Å². The molecule has 0 saturated heterocycles. The number of carboxylic acid groups (broad SMARTS) is 1. The molecule has 0 saturated carbocycles. The lowest BCUT2D eigenvalue weighted by molar-refractivity contribution is -0.151. The number of aliphatic carboxylic acids is 1. The number of nitrogen functional groups attached to an aromatic ring is 1. The monoisotopic (exact) mass is 299 g/mol. The van der Waals surface area contributed by atoms with Crippen molar-refractivity contribution < 1.29 is 24.2 Å². The van der Waals surface area contributed by atoms with Crippen molar-refractivity contribution in [2.45, 2.75) is 45.5 Å². The van der Waals surface area contributed by atoms with Crippen LogP contribution in [0.2, 0.25) is 0 Å². The second kappa shape index (κ2) is 5.06. The fourth-order valence-electron chi connectivity index (χ4n) is 2.00. The summed E-state index contributed by atoms with van der Waals surface area (Å²) in [4.78, 5) is 24.0. The Hall–Kier alpha value is -1.60. The van der Waals surface area contributed by atoms with Crippen molar-refractivity contribution in [3.8, 4) is 0 Å². The van der Waals surface area contributed by atoms with E-state index >= 15 is 0 Å². The fraction of sp³-hybridized carbons (Fsp3) is 0.538. The van der Waals surface area contributed by atoms with E-state index in [9.17, 15) is 9.59 Å². The third kappa shape index (κ3) is 2.94. The predicted octanol–water partition coefficient (Wildman–Crippen LogP) is 1.81. The maximum absolute atomic E-state index is 12.2. The third-order valence-electron chi connectivity index (χ3n) is 2.80. The third-order valence-corrected chi connectivity index (χ3v) is 3.84. The van der Waals surface area contributed by atoms with E-state index in [2.05, 4.69) is 0 Å². The first-order valence-electron chi connectivity index (χ1n) is 6.17. The van der Waals surface area contributed by atoms with Crippen molar-refractivity contribution >= 4 is 28.3 Å². The summed E-state index contributed by atoms with van der Waals surface area (Å²) in [7, 11) is 0. The fourth-order valence-corrected chi connectivity index (χ4v) is 3.01. The molecule has 3 N–H and O–H groups in total. The lowest BCUT2D eigenvalue weighted by Crippen LogP contribution is -2.31. The van der Waals surface area contributed by atoms with Gasteiger partial charge in [0.1, 0.15) is 10.6 Å². The van der Waals surface area contributed by atoms with E-state index in [1.165, 1.54) is 11.3 Å². The Morgan fingerprint density at radius 1 is 1.45 bits per heavy atom. The molecule has 1 aliphatic heterocycles. The number of carboxylic acids is 1. The Morgan fingerprint density at radius 3 is 2.65 bits per heavy atom. The van der Waals surface area contributed by atoms with Gasteiger partial charge in [-0.15, -0.1) is 11.3 Å². The number of ether oxygens (including phenoxy) is 2. The zero-order valence-electron chi connectivity index (χ0n) is 11.6. The van der Waals surface area contributed by atoms with Crippen LogP contribution in [-0.4, -0.2) is 28.8 Å². The second-order valence-corrected chi connectivity index (χ2v) is 6.72. The normalized spacial score (nSPS) is 18.4. The smallest absolute Gasteiger partial charge is 0.341 e. The number of hydrogen-bond acceptors (Lipinski definition) is 6. The summed E-state index contributed by atoms with van der Waals surface area (Å²) in [6.07, 6.45) is -0.815. The molecule has 1 atom stereocenters. The first-order chi connectivity index (χ1) is 9.19. The Morgan fingerprint density at radius 2 is 2.10 bits per heavy atom. The lowest BCUT2D eigenvalue weighted by Gasteiger charge is -2.22. The first kappa shape index (κ1) is 14.8. The van der Waals surface area contributed by atoms with Gasteiger partial charge in [0.2, 0.25) is 0 Å². The number of carbonyl (C=O) groups excluding carboxylic acids is 1. The van der Waals surface area contributed by atoms with Gasteiger partial charge in [0.15, 0.2) is 6.10 Å². The summed E-state index contributed by atoms with van der Waals surface area (Å²) in [5.74, 6) is -1.56. The number of hydrogen-bond donors (Lipinski definition) is 2. The SMILES string of the molecule is CC(C)(C)OC(=O)c1c(N)sc2c1CC(C(=O)O)OC2. The number of carbonyl (C=O) groups is 2. The Labute approximate surface area is 120 Å². The van der Waals surface area contributed by atoms with Crippen LogP contribution in [0.3, 0.4) is 0 Å². The quantitative estimate of drug-likeness (QED) is 0.808. The molecule has 0 aromatic carbocycles. The molecule has 0 fully saturated rings. The van der Waals surface area contributed by atoms with E-state index in [0.29, 0.717) is 10.6 Å². The van der Waals surface area contributed by atoms with Crippen molar-refractivity contribution in [1.29, 1.82) is 0 Å². The van der Waals surface area contributed by atoms with Crippen molar-refractivity contribution in [2.24, 2.45) is 0 Å². The van der Waals surface area contributed by atoms with Crippen LogP contribution in [0.1, 0.15) is 41.6 Å². The maximum atomic E-state index is 12.2. The summed E-state index contributed by atoms with van der Waals surface area (Å²) in [5.41, 5.74) is 6.17. The Balaban J connectivity index is 2.34. The molecule has 110 valence electrons. The molecule has 1 aromatic rings. The molecule has 0 spiro atoms. The average Bonchev–Trinajstić information content (AvgIpc) is 2.61. The molecule has 1 unspecified atom stereocenters. The average molecular weight is 299 g/mol. The van der Waals surface area contributed by atoms with Crippen LogP contribution in [-0.2, 0) is 27.3 Å². The first-order valence-corrected chi connectivity index (χ1v) is 6.98. The Kier molecular flexibility index (Phi) is 3.75. The minimum Gasteiger partial charge on any atom is -0.479 e. The minimum absolute atomic E-state index is 0.132. The number of anilines is 1. The maximum Gasteiger partial charge on any atom is 0.341 e. The highest BCUT2D eigenvalue weighted by atomic mass is 32.1. The molecule has 0 bridgehead atoms. The molecular formula is C13H17NO5S. The predicted molar refractivity (Wildman–Crippen MR) is 73.8 cm³/mol. The number of fused-ring (bicyclic) bond motifs is 1.